The van der Waals surface area contributed by atoms with E-state index >= 15 is 0 Å². The van der Waals surface area contributed by atoms with E-state index in [1.165, 1.54) is 0 Å². The van der Waals surface area contributed by atoms with Crippen LogP contribution in [0.5, 0.6) is 0 Å². The lowest BCUT2D eigenvalue weighted by atomic mass is 10.2. The monoisotopic (exact) mass is 201 g/mol. The van der Waals surface area contributed by atoms with Crippen LogP contribution in [0, 0.1) is 0 Å². The number of rotatable bonds is 0. The van der Waals surface area contributed by atoms with Crippen LogP contribution in [0.15, 0.2) is 21.8 Å². The lowest BCUT2D eigenvalue weighted by molar-refractivity contribution is -0.116. The summed E-state index contributed by atoms with van der Waals surface area (Å²) in [6.45, 7) is 3.73. The first-order valence-corrected chi connectivity index (χ1v) is 3.88. The zero-order valence-electron chi connectivity index (χ0n) is 5.86. The number of carbonyl (C=O) groups is 1. The highest BCUT2D eigenvalue weighted by Gasteiger charge is 2.18. The third-order valence-corrected chi connectivity index (χ3v) is 2.12. The summed E-state index contributed by atoms with van der Waals surface area (Å²) in [5.41, 5.74) is 2.68. The maximum atomic E-state index is 10.9. The Hall–Kier alpha value is -0.570. The zero-order chi connectivity index (χ0) is 7.72. The molecule has 0 saturated heterocycles. The van der Waals surface area contributed by atoms with Gasteiger partial charge in [-0.3, -0.25) is 4.79 Å². The highest BCUT2D eigenvalue weighted by molar-refractivity contribution is 9.11. The molecule has 0 atom stereocenters. The van der Waals surface area contributed by atoms with Crippen LogP contribution in [0.3, 0.4) is 0 Å². The first-order valence-electron chi connectivity index (χ1n) is 2.96. The molecule has 0 unspecified atom stereocenters. The predicted octanol–water partition coefficient (Wildman–Crippen LogP) is 1.69. The molecule has 1 aliphatic heterocycles. The van der Waals surface area contributed by atoms with Gasteiger partial charge in [-0.15, -0.1) is 0 Å². The Labute approximate surface area is 68.1 Å². The second-order valence-electron chi connectivity index (χ2n) is 2.23. The third-order valence-electron chi connectivity index (χ3n) is 1.66. The smallest absolute Gasteiger partial charge is 0.251 e. The first-order chi connectivity index (χ1) is 4.66. The lowest BCUT2D eigenvalue weighted by Gasteiger charge is -1.94. The second kappa shape index (κ2) is 2.58. The van der Waals surface area contributed by atoms with Crippen molar-refractivity contribution in [1.82, 2.24) is 5.32 Å². The Morgan fingerprint density at radius 2 is 2.00 bits per heavy atom. The Balaban J connectivity index is 3.06. The number of halogens is 1. The molecule has 1 rings (SSSR count). The van der Waals surface area contributed by atoms with Gasteiger partial charge >= 0.3 is 0 Å². The molecule has 0 spiro atoms. The van der Waals surface area contributed by atoms with Gasteiger partial charge in [0.1, 0.15) is 0 Å². The molecule has 2 nitrogen and oxygen atoms in total. The van der Waals surface area contributed by atoms with Crippen LogP contribution in [0.4, 0.5) is 0 Å². The number of amides is 1. The van der Waals surface area contributed by atoms with E-state index in [0.717, 1.165) is 16.8 Å². The van der Waals surface area contributed by atoms with Crippen molar-refractivity contribution in [2.75, 3.05) is 0 Å². The minimum Gasteiger partial charge on any atom is -0.322 e. The molecule has 1 amide bonds. The standard InChI is InChI=1S/C7H8BrNO/c1-4-5(2)7(10)9-6(4)3-8/h3H,1-2H3,(H,9,10)/b6-3-. The van der Waals surface area contributed by atoms with E-state index in [1.54, 1.807) is 4.99 Å². The Morgan fingerprint density at radius 3 is 2.20 bits per heavy atom. The molecule has 1 N–H and O–H groups in total. The highest BCUT2D eigenvalue weighted by Crippen LogP contribution is 2.19. The Bertz CT molecular complexity index is 240. The van der Waals surface area contributed by atoms with Crippen LogP contribution in [-0.4, -0.2) is 5.91 Å². The molecule has 0 aliphatic carbocycles. The number of allylic oxidation sites excluding steroid dienone is 1. The second-order valence-corrected chi connectivity index (χ2v) is 2.68. The average Bonchev–Trinajstić information content (AvgIpc) is 2.17. The lowest BCUT2D eigenvalue weighted by Crippen LogP contribution is -2.14. The van der Waals surface area contributed by atoms with Gasteiger partial charge in [0.15, 0.2) is 0 Å². The zero-order valence-corrected chi connectivity index (χ0v) is 7.45. The number of carbonyl (C=O) groups excluding carboxylic acids is 1. The van der Waals surface area contributed by atoms with E-state index < -0.39 is 0 Å². The van der Waals surface area contributed by atoms with Gasteiger partial charge in [-0.25, -0.2) is 0 Å². The molecule has 0 radical (unpaired) electrons. The number of hydrogen-bond donors (Lipinski definition) is 1. The topological polar surface area (TPSA) is 29.1 Å². The number of nitrogens with one attached hydrogen (secondary N) is 1. The van der Waals surface area contributed by atoms with E-state index in [9.17, 15) is 4.79 Å². The molecule has 0 bridgehead atoms. The molecule has 0 aromatic rings. The van der Waals surface area contributed by atoms with Crippen LogP contribution in [0.25, 0.3) is 0 Å². The summed E-state index contributed by atoms with van der Waals surface area (Å²) in [7, 11) is 0. The quantitative estimate of drug-likeness (QED) is 0.636. The largest absolute Gasteiger partial charge is 0.322 e. The van der Waals surface area contributed by atoms with Gasteiger partial charge < -0.3 is 5.32 Å². The maximum absolute atomic E-state index is 10.9. The summed E-state index contributed by atoms with van der Waals surface area (Å²) < 4.78 is 0. The molecule has 54 valence electrons. The van der Waals surface area contributed by atoms with Gasteiger partial charge in [0, 0.05) is 10.6 Å². The molecule has 0 fully saturated rings. The van der Waals surface area contributed by atoms with Crippen LogP contribution in [0.1, 0.15) is 13.8 Å². The first kappa shape index (κ1) is 7.54. The van der Waals surface area contributed by atoms with E-state index in [2.05, 4.69) is 21.2 Å². The normalized spacial score (nSPS) is 22.3. The van der Waals surface area contributed by atoms with Crippen molar-refractivity contribution < 1.29 is 4.79 Å². The van der Waals surface area contributed by atoms with E-state index in [-0.39, 0.29) is 5.91 Å². The maximum Gasteiger partial charge on any atom is 0.251 e. The molecule has 1 heterocycles. The fourth-order valence-electron chi connectivity index (χ4n) is 0.791. The van der Waals surface area contributed by atoms with Gasteiger partial charge in [0.25, 0.3) is 5.91 Å². The van der Waals surface area contributed by atoms with Crippen LogP contribution in [-0.2, 0) is 4.79 Å². The molecule has 10 heavy (non-hydrogen) atoms. The molecule has 1 aliphatic rings. The highest BCUT2D eigenvalue weighted by atomic mass is 79.9. The van der Waals surface area contributed by atoms with Gasteiger partial charge in [-0.05, 0) is 19.4 Å². The average molecular weight is 202 g/mol. The molecule has 3 heteroatoms. The van der Waals surface area contributed by atoms with Crippen molar-refractivity contribution in [3.05, 3.63) is 21.8 Å². The summed E-state index contributed by atoms with van der Waals surface area (Å²) in [4.78, 5) is 12.6. The van der Waals surface area contributed by atoms with Crippen molar-refractivity contribution in [1.29, 1.82) is 0 Å². The van der Waals surface area contributed by atoms with Crippen LogP contribution >= 0.6 is 15.9 Å². The van der Waals surface area contributed by atoms with Crippen molar-refractivity contribution in [2.24, 2.45) is 0 Å². The van der Waals surface area contributed by atoms with Crippen molar-refractivity contribution in [3.8, 4) is 0 Å². The van der Waals surface area contributed by atoms with Crippen molar-refractivity contribution in [2.45, 2.75) is 13.8 Å². The van der Waals surface area contributed by atoms with E-state index in [0.29, 0.717) is 0 Å². The van der Waals surface area contributed by atoms with Gasteiger partial charge in [-0.2, -0.15) is 0 Å². The summed E-state index contributed by atoms with van der Waals surface area (Å²) in [6, 6.07) is 0. The van der Waals surface area contributed by atoms with Crippen LogP contribution in [0.2, 0.25) is 0 Å². The third kappa shape index (κ3) is 1.01. The SMILES string of the molecule is CC1=C(C)/C(=C/Br)NC1=O. The molecular weight excluding hydrogens is 194 g/mol. The minimum atomic E-state index is 0.00296. The fraction of sp³-hybridized carbons (Fsp3) is 0.286. The van der Waals surface area contributed by atoms with Crippen LogP contribution < -0.4 is 5.32 Å². The minimum absolute atomic E-state index is 0.00296. The van der Waals surface area contributed by atoms with Crippen molar-refractivity contribution in [3.63, 3.8) is 0 Å². The molecular formula is C7H8BrNO. The fourth-order valence-corrected chi connectivity index (χ4v) is 1.25. The van der Waals surface area contributed by atoms with Gasteiger partial charge in [-0.1, -0.05) is 15.9 Å². The summed E-state index contributed by atoms with van der Waals surface area (Å²) >= 11 is 3.16. The summed E-state index contributed by atoms with van der Waals surface area (Å²) in [5.74, 6) is 0.00296. The molecule has 0 aromatic carbocycles. The van der Waals surface area contributed by atoms with Crippen molar-refractivity contribution >= 4 is 21.8 Å². The van der Waals surface area contributed by atoms with E-state index in [4.69, 9.17) is 0 Å². The van der Waals surface area contributed by atoms with Gasteiger partial charge in [0.05, 0.1) is 5.70 Å². The van der Waals surface area contributed by atoms with E-state index in [1.807, 2.05) is 13.8 Å². The predicted molar refractivity (Wildman–Crippen MR) is 43.5 cm³/mol. The number of hydrogen-bond acceptors (Lipinski definition) is 1. The summed E-state index contributed by atoms with van der Waals surface area (Å²) in [5, 5.41) is 2.70. The summed E-state index contributed by atoms with van der Waals surface area (Å²) in [6.07, 6.45) is 0. The van der Waals surface area contributed by atoms with Gasteiger partial charge in [0.2, 0.25) is 0 Å². The molecule has 0 saturated carbocycles. The Kier molecular flexibility index (Phi) is 1.94. The Morgan fingerprint density at radius 1 is 1.40 bits per heavy atom. The molecule has 0 aromatic heterocycles.